The summed E-state index contributed by atoms with van der Waals surface area (Å²) in [7, 11) is 0. The second kappa shape index (κ2) is 6.88. The molecule has 112 valence electrons. The van der Waals surface area contributed by atoms with E-state index in [-0.39, 0.29) is 5.75 Å². The van der Waals surface area contributed by atoms with Crippen molar-refractivity contribution in [1.82, 2.24) is 9.97 Å². The van der Waals surface area contributed by atoms with E-state index in [0.29, 0.717) is 30.4 Å². The van der Waals surface area contributed by atoms with E-state index in [0.717, 1.165) is 12.1 Å². The first-order chi connectivity index (χ1) is 10.1. The van der Waals surface area contributed by atoms with Gasteiger partial charge in [-0.25, -0.2) is 14.4 Å². The molecule has 3 N–H and O–H groups in total. The Hall–Kier alpha value is -2.37. The Morgan fingerprint density at radius 3 is 2.90 bits per heavy atom. The zero-order valence-electron chi connectivity index (χ0n) is 12.2. The highest BCUT2D eigenvalue weighted by Crippen LogP contribution is 2.28. The van der Waals surface area contributed by atoms with E-state index in [4.69, 9.17) is 10.5 Å². The standard InChI is InChI=1S/C15H19FN4O/c1-3-6-21-15-8-14(13(17)7-12(15)16)19-9-11-4-5-18-10(2)20-11/h4-5,7-8,19H,3,6,9,17H2,1-2H3. The highest BCUT2D eigenvalue weighted by molar-refractivity contribution is 5.68. The van der Waals surface area contributed by atoms with Crippen LogP contribution in [-0.2, 0) is 6.54 Å². The topological polar surface area (TPSA) is 73.1 Å². The van der Waals surface area contributed by atoms with Crippen LogP contribution in [-0.4, -0.2) is 16.6 Å². The third-order valence-corrected chi connectivity index (χ3v) is 2.86. The normalized spacial score (nSPS) is 10.4. The van der Waals surface area contributed by atoms with Crippen molar-refractivity contribution in [3.63, 3.8) is 0 Å². The van der Waals surface area contributed by atoms with Gasteiger partial charge < -0.3 is 15.8 Å². The van der Waals surface area contributed by atoms with Gasteiger partial charge in [0.15, 0.2) is 11.6 Å². The van der Waals surface area contributed by atoms with E-state index in [2.05, 4.69) is 15.3 Å². The SMILES string of the molecule is CCCOc1cc(NCc2ccnc(C)n2)c(N)cc1F. The van der Waals surface area contributed by atoms with Gasteiger partial charge in [0.05, 0.1) is 30.2 Å². The van der Waals surface area contributed by atoms with E-state index in [1.165, 1.54) is 6.07 Å². The Morgan fingerprint density at radius 2 is 2.19 bits per heavy atom. The lowest BCUT2D eigenvalue weighted by Crippen LogP contribution is -2.07. The predicted octanol–water partition coefficient (Wildman–Crippen LogP) is 2.91. The van der Waals surface area contributed by atoms with E-state index < -0.39 is 5.82 Å². The minimum Gasteiger partial charge on any atom is -0.490 e. The first-order valence-corrected chi connectivity index (χ1v) is 6.84. The number of nitrogens with one attached hydrogen (secondary N) is 1. The fourth-order valence-corrected chi connectivity index (χ4v) is 1.83. The van der Waals surface area contributed by atoms with E-state index in [9.17, 15) is 4.39 Å². The van der Waals surface area contributed by atoms with Crippen LogP contribution >= 0.6 is 0 Å². The van der Waals surface area contributed by atoms with Gasteiger partial charge in [-0.1, -0.05) is 6.92 Å². The molecule has 0 saturated carbocycles. The highest BCUT2D eigenvalue weighted by Gasteiger charge is 2.09. The molecule has 0 amide bonds. The maximum Gasteiger partial charge on any atom is 0.167 e. The number of nitrogens with zero attached hydrogens (tertiary/aromatic N) is 2. The largest absolute Gasteiger partial charge is 0.490 e. The molecule has 0 bridgehead atoms. The van der Waals surface area contributed by atoms with Gasteiger partial charge in [-0.3, -0.25) is 0 Å². The maximum atomic E-state index is 13.7. The monoisotopic (exact) mass is 290 g/mol. The summed E-state index contributed by atoms with van der Waals surface area (Å²) in [5, 5.41) is 3.14. The van der Waals surface area contributed by atoms with Crippen LogP contribution in [0.3, 0.4) is 0 Å². The van der Waals surface area contributed by atoms with Gasteiger partial charge in [0.2, 0.25) is 0 Å². The Labute approximate surface area is 123 Å². The van der Waals surface area contributed by atoms with Crippen LogP contribution in [0.5, 0.6) is 5.75 Å². The number of rotatable bonds is 6. The fourth-order valence-electron chi connectivity index (χ4n) is 1.83. The average Bonchev–Trinajstić information content (AvgIpc) is 2.45. The molecule has 5 nitrogen and oxygen atoms in total. The number of nitrogens with two attached hydrogens (primary N) is 1. The van der Waals surface area contributed by atoms with Gasteiger partial charge in [-0.15, -0.1) is 0 Å². The van der Waals surface area contributed by atoms with Crippen LogP contribution in [0.4, 0.5) is 15.8 Å². The molecule has 0 spiro atoms. The van der Waals surface area contributed by atoms with Crippen molar-refractivity contribution < 1.29 is 9.13 Å². The van der Waals surface area contributed by atoms with E-state index in [1.807, 2.05) is 19.9 Å². The third-order valence-electron chi connectivity index (χ3n) is 2.86. The molecule has 0 atom stereocenters. The average molecular weight is 290 g/mol. The number of ether oxygens (including phenoxy) is 1. The van der Waals surface area contributed by atoms with Gasteiger partial charge in [-0.2, -0.15) is 0 Å². The molecule has 6 heteroatoms. The van der Waals surface area contributed by atoms with Crippen LogP contribution in [0, 0.1) is 12.7 Å². The van der Waals surface area contributed by atoms with Crippen molar-refractivity contribution in [2.75, 3.05) is 17.7 Å². The fraction of sp³-hybridized carbons (Fsp3) is 0.333. The van der Waals surface area contributed by atoms with Crippen molar-refractivity contribution in [3.05, 3.63) is 41.7 Å². The Balaban J connectivity index is 2.11. The lowest BCUT2D eigenvalue weighted by molar-refractivity contribution is 0.301. The molecule has 0 fully saturated rings. The quantitative estimate of drug-likeness (QED) is 0.800. The summed E-state index contributed by atoms with van der Waals surface area (Å²) >= 11 is 0. The molecule has 1 heterocycles. The predicted molar refractivity (Wildman–Crippen MR) is 80.7 cm³/mol. The Morgan fingerprint density at radius 1 is 1.38 bits per heavy atom. The molecule has 21 heavy (non-hydrogen) atoms. The number of aryl methyl sites for hydroxylation is 1. The number of hydrogen-bond acceptors (Lipinski definition) is 5. The van der Waals surface area contributed by atoms with Crippen LogP contribution in [0.25, 0.3) is 0 Å². The lowest BCUT2D eigenvalue weighted by Gasteiger charge is -2.13. The maximum absolute atomic E-state index is 13.7. The molecular weight excluding hydrogens is 271 g/mol. The number of nitrogen functional groups attached to an aromatic ring is 1. The molecular formula is C15H19FN4O. The van der Waals surface area contributed by atoms with Gasteiger partial charge in [0, 0.05) is 18.3 Å². The summed E-state index contributed by atoms with van der Waals surface area (Å²) in [4.78, 5) is 8.33. The molecule has 0 radical (unpaired) electrons. The first kappa shape index (κ1) is 15.0. The van der Waals surface area contributed by atoms with Crippen molar-refractivity contribution in [2.24, 2.45) is 0 Å². The minimum atomic E-state index is -0.454. The van der Waals surface area contributed by atoms with Crippen LogP contribution in [0.2, 0.25) is 0 Å². The second-order valence-corrected chi connectivity index (χ2v) is 4.67. The zero-order valence-corrected chi connectivity index (χ0v) is 12.2. The molecule has 2 rings (SSSR count). The van der Waals surface area contributed by atoms with Crippen molar-refractivity contribution in [1.29, 1.82) is 0 Å². The molecule has 0 saturated heterocycles. The second-order valence-electron chi connectivity index (χ2n) is 4.67. The smallest absolute Gasteiger partial charge is 0.167 e. The van der Waals surface area contributed by atoms with Crippen LogP contribution in [0.1, 0.15) is 24.9 Å². The van der Waals surface area contributed by atoms with Gasteiger partial charge >= 0.3 is 0 Å². The van der Waals surface area contributed by atoms with Gasteiger partial charge in [-0.05, 0) is 19.4 Å². The van der Waals surface area contributed by atoms with Crippen LogP contribution in [0.15, 0.2) is 24.4 Å². The molecule has 0 aliphatic heterocycles. The number of halogens is 1. The van der Waals surface area contributed by atoms with Crippen molar-refractivity contribution >= 4 is 11.4 Å². The van der Waals surface area contributed by atoms with Crippen molar-refractivity contribution in [2.45, 2.75) is 26.8 Å². The number of aromatic nitrogens is 2. The Kier molecular flexibility index (Phi) is 4.92. The third kappa shape index (κ3) is 4.05. The number of benzene rings is 1. The van der Waals surface area contributed by atoms with Crippen LogP contribution < -0.4 is 15.8 Å². The summed E-state index contributed by atoms with van der Waals surface area (Å²) < 4.78 is 19.1. The molecule has 0 unspecified atom stereocenters. The lowest BCUT2D eigenvalue weighted by atomic mass is 10.2. The van der Waals surface area contributed by atoms with Gasteiger partial charge in [0.1, 0.15) is 5.82 Å². The molecule has 2 aromatic rings. The molecule has 1 aromatic heterocycles. The molecule has 0 aliphatic carbocycles. The summed E-state index contributed by atoms with van der Waals surface area (Å²) in [6.45, 7) is 4.73. The van der Waals surface area contributed by atoms with Gasteiger partial charge in [0.25, 0.3) is 0 Å². The highest BCUT2D eigenvalue weighted by atomic mass is 19.1. The van der Waals surface area contributed by atoms with E-state index >= 15 is 0 Å². The number of hydrogen-bond donors (Lipinski definition) is 2. The summed E-state index contributed by atoms with van der Waals surface area (Å²) in [6, 6.07) is 4.65. The number of anilines is 2. The zero-order chi connectivity index (χ0) is 15.2. The summed E-state index contributed by atoms with van der Waals surface area (Å²) in [5.74, 6) is 0.449. The molecule has 1 aromatic carbocycles. The summed E-state index contributed by atoms with van der Waals surface area (Å²) in [5.41, 5.74) is 7.62. The summed E-state index contributed by atoms with van der Waals surface area (Å²) in [6.07, 6.45) is 2.51. The van der Waals surface area contributed by atoms with E-state index in [1.54, 1.807) is 12.3 Å². The first-order valence-electron chi connectivity index (χ1n) is 6.84. The minimum absolute atomic E-state index is 0.201. The van der Waals surface area contributed by atoms with Crippen molar-refractivity contribution in [3.8, 4) is 5.75 Å². The Bertz CT molecular complexity index is 619. The molecule has 0 aliphatic rings.